The van der Waals surface area contributed by atoms with Crippen LogP contribution in [0.3, 0.4) is 0 Å². The molecular weight excluding hydrogens is 284 g/mol. The molecule has 0 aliphatic rings. The molecule has 2 heteroatoms. The lowest BCUT2D eigenvalue weighted by Crippen LogP contribution is -2.26. The Bertz CT molecular complexity index is 455. The summed E-state index contributed by atoms with van der Waals surface area (Å²) in [6.07, 6.45) is 8.97. The van der Waals surface area contributed by atoms with Crippen LogP contribution in [0, 0.1) is 0 Å². The highest BCUT2D eigenvalue weighted by Gasteiger charge is 2.21. The minimum Gasteiger partial charge on any atom is -0.490 e. The first kappa shape index (κ1) is 19.8. The summed E-state index contributed by atoms with van der Waals surface area (Å²) in [5.41, 5.74) is 2.28. The molecule has 1 aromatic carbocycles. The first-order valence-corrected chi connectivity index (χ1v) is 9.18. The SMILES string of the molecule is CCC(=CCOc1ccc(CC)cc1)CCCC(O)(CC)CC. The third kappa shape index (κ3) is 7.22. The monoisotopic (exact) mass is 318 g/mol. The molecular formula is C21H34O2. The van der Waals surface area contributed by atoms with E-state index in [1.54, 1.807) is 0 Å². The molecule has 0 aliphatic carbocycles. The third-order valence-electron chi connectivity index (χ3n) is 4.86. The van der Waals surface area contributed by atoms with Crippen molar-refractivity contribution in [2.24, 2.45) is 0 Å². The van der Waals surface area contributed by atoms with Gasteiger partial charge in [0.15, 0.2) is 0 Å². The highest BCUT2D eigenvalue weighted by atomic mass is 16.5. The zero-order chi connectivity index (χ0) is 17.1. The normalized spacial score (nSPS) is 12.5. The lowest BCUT2D eigenvalue weighted by molar-refractivity contribution is 0.0218. The summed E-state index contributed by atoms with van der Waals surface area (Å²) in [5.74, 6) is 0.931. The molecule has 0 amide bonds. The van der Waals surface area contributed by atoms with Crippen LogP contribution in [0.15, 0.2) is 35.9 Å². The van der Waals surface area contributed by atoms with Crippen molar-refractivity contribution in [3.05, 3.63) is 41.5 Å². The molecule has 1 N–H and O–H groups in total. The van der Waals surface area contributed by atoms with Crippen LogP contribution in [0.4, 0.5) is 0 Å². The Balaban J connectivity index is 2.39. The molecule has 0 atom stereocenters. The summed E-state index contributed by atoms with van der Waals surface area (Å²) in [6, 6.07) is 8.33. The van der Waals surface area contributed by atoms with E-state index in [2.05, 4.69) is 45.9 Å². The second-order valence-corrected chi connectivity index (χ2v) is 6.31. The number of benzene rings is 1. The molecule has 0 unspecified atom stereocenters. The van der Waals surface area contributed by atoms with Gasteiger partial charge in [0.1, 0.15) is 12.4 Å². The molecule has 0 aliphatic heterocycles. The Kier molecular flexibility index (Phi) is 9.01. The molecule has 2 nitrogen and oxygen atoms in total. The number of hydrogen-bond donors (Lipinski definition) is 1. The number of ether oxygens (including phenoxy) is 1. The highest BCUT2D eigenvalue weighted by molar-refractivity contribution is 5.27. The van der Waals surface area contributed by atoms with Gasteiger partial charge in [0, 0.05) is 0 Å². The van der Waals surface area contributed by atoms with Crippen molar-refractivity contribution in [2.75, 3.05) is 6.61 Å². The van der Waals surface area contributed by atoms with E-state index in [9.17, 15) is 5.11 Å². The number of rotatable bonds is 11. The van der Waals surface area contributed by atoms with Gasteiger partial charge in [-0.1, -0.05) is 45.4 Å². The van der Waals surface area contributed by atoms with Crippen LogP contribution in [0.2, 0.25) is 0 Å². The van der Waals surface area contributed by atoms with Gasteiger partial charge in [-0.3, -0.25) is 0 Å². The number of allylic oxidation sites excluding steroid dienone is 1. The van der Waals surface area contributed by atoms with Crippen molar-refractivity contribution in [3.8, 4) is 5.75 Å². The van der Waals surface area contributed by atoms with E-state index in [1.807, 2.05) is 12.1 Å². The molecule has 1 aromatic rings. The number of hydrogen-bond acceptors (Lipinski definition) is 2. The molecule has 0 fully saturated rings. The summed E-state index contributed by atoms with van der Waals surface area (Å²) in [4.78, 5) is 0. The third-order valence-corrected chi connectivity index (χ3v) is 4.86. The second kappa shape index (κ2) is 10.5. The van der Waals surface area contributed by atoms with Crippen molar-refractivity contribution in [1.29, 1.82) is 0 Å². The highest BCUT2D eigenvalue weighted by Crippen LogP contribution is 2.24. The summed E-state index contributed by atoms with van der Waals surface area (Å²) in [5, 5.41) is 10.3. The quantitative estimate of drug-likeness (QED) is 0.531. The maximum absolute atomic E-state index is 10.3. The Labute approximate surface area is 142 Å². The Morgan fingerprint density at radius 2 is 1.74 bits per heavy atom. The van der Waals surface area contributed by atoms with Crippen molar-refractivity contribution >= 4 is 0 Å². The van der Waals surface area contributed by atoms with Crippen molar-refractivity contribution in [2.45, 2.75) is 78.2 Å². The van der Waals surface area contributed by atoms with Gasteiger partial charge in [-0.2, -0.15) is 0 Å². The van der Waals surface area contributed by atoms with E-state index < -0.39 is 5.60 Å². The van der Waals surface area contributed by atoms with E-state index >= 15 is 0 Å². The van der Waals surface area contributed by atoms with E-state index in [1.165, 1.54) is 11.1 Å². The van der Waals surface area contributed by atoms with Gasteiger partial charge in [-0.25, -0.2) is 0 Å². The molecule has 0 spiro atoms. The minimum atomic E-state index is -0.476. The van der Waals surface area contributed by atoms with Gasteiger partial charge < -0.3 is 9.84 Å². The van der Waals surface area contributed by atoms with Crippen LogP contribution >= 0.6 is 0 Å². The predicted octanol–water partition coefficient (Wildman–Crippen LogP) is 5.69. The molecule has 130 valence electrons. The standard InChI is InChI=1S/C21H34O2/c1-5-18(10-9-16-21(22,7-3)8-4)15-17-23-20-13-11-19(6-2)12-14-20/h11-15,22H,5-10,16-17H2,1-4H3. The van der Waals surface area contributed by atoms with Gasteiger partial charge >= 0.3 is 0 Å². The average Bonchev–Trinajstić information content (AvgIpc) is 2.60. The minimum absolute atomic E-state index is 0.476. The van der Waals surface area contributed by atoms with Crippen molar-refractivity contribution < 1.29 is 9.84 Å². The van der Waals surface area contributed by atoms with Crippen LogP contribution < -0.4 is 4.74 Å². The molecule has 0 radical (unpaired) electrons. The maximum atomic E-state index is 10.3. The zero-order valence-electron chi connectivity index (χ0n) is 15.4. The van der Waals surface area contributed by atoms with Gasteiger partial charge in [-0.05, 0) is 68.7 Å². The first-order chi connectivity index (χ1) is 11.1. The van der Waals surface area contributed by atoms with Gasteiger partial charge in [0.05, 0.1) is 5.60 Å². The van der Waals surface area contributed by atoms with Crippen LogP contribution in [-0.4, -0.2) is 17.3 Å². The lowest BCUT2D eigenvalue weighted by Gasteiger charge is -2.25. The van der Waals surface area contributed by atoms with E-state index in [4.69, 9.17) is 4.74 Å². The van der Waals surface area contributed by atoms with Crippen LogP contribution in [-0.2, 0) is 6.42 Å². The topological polar surface area (TPSA) is 29.5 Å². The fraction of sp³-hybridized carbons (Fsp3) is 0.619. The Morgan fingerprint density at radius 3 is 2.26 bits per heavy atom. The fourth-order valence-electron chi connectivity index (χ4n) is 2.75. The lowest BCUT2D eigenvalue weighted by atomic mass is 9.90. The van der Waals surface area contributed by atoms with Crippen LogP contribution in [0.5, 0.6) is 5.75 Å². The van der Waals surface area contributed by atoms with Gasteiger partial charge in [0.2, 0.25) is 0 Å². The molecule has 0 saturated heterocycles. The van der Waals surface area contributed by atoms with E-state index in [-0.39, 0.29) is 0 Å². The summed E-state index contributed by atoms with van der Waals surface area (Å²) in [6.45, 7) is 9.11. The largest absolute Gasteiger partial charge is 0.490 e. The van der Waals surface area contributed by atoms with Crippen LogP contribution in [0.25, 0.3) is 0 Å². The van der Waals surface area contributed by atoms with Crippen LogP contribution in [0.1, 0.15) is 71.8 Å². The number of aliphatic hydroxyl groups is 1. The first-order valence-electron chi connectivity index (χ1n) is 9.18. The smallest absolute Gasteiger partial charge is 0.119 e. The van der Waals surface area contributed by atoms with E-state index in [0.717, 1.165) is 50.7 Å². The Hall–Kier alpha value is -1.28. The summed E-state index contributed by atoms with van der Waals surface area (Å²) < 4.78 is 5.80. The average molecular weight is 319 g/mol. The molecule has 0 aromatic heterocycles. The van der Waals surface area contributed by atoms with Crippen molar-refractivity contribution in [3.63, 3.8) is 0 Å². The molecule has 0 heterocycles. The molecule has 23 heavy (non-hydrogen) atoms. The van der Waals surface area contributed by atoms with E-state index in [0.29, 0.717) is 6.61 Å². The maximum Gasteiger partial charge on any atom is 0.119 e. The summed E-state index contributed by atoms with van der Waals surface area (Å²) >= 11 is 0. The molecule has 0 saturated carbocycles. The Morgan fingerprint density at radius 1 is 1.09 bits per heavy atom. The van der Waals surface area contributed by atoms with Gasteiger partial charge in [0.25, 0.3) is 0 Å². The summed E-state index contributed by atoms with van der Waals surface area (Å²) in [7, 11) is 0. The molecule has 0 bridgehead atoms. The number of aryl methyl sites for hydroxylation is 1. The fourth-order valence-corrected chi connectivity index (χ4v) is 2.75. The van der Waals surface area contributed by atoms with Crippen molar-refractivity contribution in [1.82, 2.24) is 0 Å². The molecule has 1 rings (SSSR count). The zero-order valence-corrected chi connectivity index (χ0v) is 15.4. The second-order valence-electron chi connectivity index (χ2n) is 6.31. The predicted molar refractivity (Wildman–Crippen MR) is 99.1 cm³/mol. The van der Waals surface area contributed by atoms with Gasteiger partial charge in [-0.15, -0.1) is 0 Å².